The van der Waals surface area contributed by atoms with E-state index < -0.39 is 0 Å². The molecule has 150 valence electrons. The van der Waals surface area contributed by atoms with Crippen LogP contribution in [-0.4, -0.2) is 25.3 Å². The van der Waals surface area contributed by atoms with E-state index in [0.717, 1.165) is 29.9 Å². The van der Waals surface area contributed by atoms with Crippen LogP contribution in [0.1, 0.15) is 43.7 Å². The van der Waals surface area contributed by atoms with Crippen LogP contribution >= 0.6 is 11.6 Å². The first-order chi connectivity index (χ1) is 13.6. The van der Waals surface area contributed by atoms with E-state index in [2.05, 4.69) is 17.5 Å². The predicted octanol–water partition coefficient (Wildman–Crippen LogP) is 5.14. The molecule has 1 amide bonds. The zero-order valence-electron chi connectivity index (χ0n) is 16.4. The average molecular weight is 403 g/mol. The van der Waals surface area contributed by atoms with Crippen molar-refractivity contribution in [1.82, 2.24) is 5.43 Å². The van der Waals surface area contributed by atoms with Gasteiger partial charge < -0.3 is 9.47 Å². The molecule has 0 bridgehead atoms. The number of halogens is 1. The molecular weight excluding hydrogens is 376 g/mol. The Labute approximate surface area is 171 Å². The molecule has 0 aliphatic rings. The molecule has 28 heavy (non-hydrogen) atoms. The lowest BCUT2D eigenvalue weighted by Gasteiger charge is -2.07. The highest BCUT2D eigenvalue weighted by atomic mass is 35.5. The molecule has 2 aromatic rings. The normalized spacial score (nSPS) is 10.8. The van der Waals surface area contributed by atoms with Crippen LogP contribution in [0.5, 0.6) is 11.5 Å². The second-order valence-corrected chi connectivity index (χ2v) is 6.88. The van der Waals surface area contributed by atoms with Crippen LogP contribution in [0.4, 0.5) is 0 Å². The molecule has 1 N–H and O–H groups in total. The Morgan fingerprint density at radius 1 is 1.07 bits per heavy atom. The topological polar surface area (TPSA) is 59.9 Å². The summed E-state index contributed by atoms with van der Waals surface area (Å²) < 4.78 is 11.1. The van der Waals surface area contributed by atoms with E-state index in [1.807, 2.05) is 31.2 Å². The van der Waals surface area contributed by atoms with Crippen LogP contribution in [0.2, 0.25) is 5.02 Å². The fraction of sp³-hybridized carbons (Fsp3) is 0.364. The maximum atomic E-state index is 11.8. The minimum atomic E-state index is -0.337. The number of nitrogens with one attached hydrogen (secondary N) is 1. The van der Waals surface area contributed by atoms with E-state index in [1.165, 1.54) is 19.3 Å². The highest BCUT2D eigenvalue weighted by Crippen LogP contribution is 2.20. The van der Waals surface area contributed by atoms with Crippen LogP contribution in [0.15, 0.2) is 47.6 Å². The number of unbranched alkanes of at least 4 members (excludes halogenated alkanes) is 3. The second-order valence-electron chi connectivity index (χ2n) is 6.47. The van der Waals surface area contributed by atoms with E-state index in [1.54, 1.807) is 24.4 Å². The number of carbonyl (C=O) groups is 1. The maximum absolute atomic E-state index is 11.8. The molecule has 0 saturated carbocycles. The van der Waals surface area contributed by atoms with Gasteiger partial charge in [-0.3, -0.25) is 4.79 Å². The lowest BCUT2D eigenvalue weighted by molar-refractivity contribution is -0.123. The molecule has 0 aliphatic heterocycles. The predicted molar refractivity (Wildman–Crippen MR) is 113 cm³/mol. The van der Waals surface area contributed by atoms with E-state index >= 15 is 0 Å². The minimum Gasteiger partial charge on any atom is -0.494 e. The average Bonchev–Trinajstić information content (AvgIpc) is 2.70. The van der Waals surface area contributed by atoms with Crippen molar-refractivity contribution in [3.05, 3.63) is 58.6 Å². The third kappa shape index (κ3) is 8.01. The van der Waals surface area contributed by atoms with E-state index in [0.29, 0.717) is 10.8 Å². The van der Waals surface area contributed by atoms with Crippen molar-refractivity contribution in [2.75, 3.05) is 13.2 Å². The van der Waals surface area contributed by atoms with Gasteiger partial charge >= 0.3 is 0 Å². The Balaban J connectivity index is 1.69. The monoisotopic (exact) mass is 402 g/mol. The Morgan fingerprint density at radius 3 is 2.54 bits per heavy atom. The third-order valence-corrected chi connectivity index (χ3v) is 4.47. The lowest BCUT2D eigenvalue weighted by atomic mass is 10.2. The van der Waals surface area contributed by atoms with Crippen molar-refractivity contribution in [3.8, 4) is 11.5 Å². The number of hydrogen-bond acceptors (Lipinski definition) is 4. The standard InChI is InChI=1S/C22H27ClN2O3/c1-3-4-5-6-13-27-19-9-7-18(8-10-19)15-24-25-22(26)16-28-20-11-12-21(23)17(2)14-20/h7-12,14-15H,3-6,13,16H2,1-2H3,(H,25,26)/b24-15+. The number of aryl methyl sites for hydroxylation is 1. The first kappa shape index (κ1) is 21.8. The van der Waals surface area contributed by atoms with Gasteiger partial charge in [-0.1, -0.05) is 37.8 Å². The van der Waals surface area contributed by atoms with Gasteiger partial charge in [0.05, 0.1) is 12.8 Å². The molecule has 0 radical (unpaired) electrons. The van der Waals surface area contributed by atoms with Crippen molar-refractivity contribution in [1.29, 1.82) is 0 Å². The molecule has 0 atom stereocenters. The number of hydrogen-bond donors (Lipinski definition) is 1. The number of benzene rings is 2. The molecule has 0 fully saturated rings. The van der Waals surface area contributed by atoms with Crippen molar-refractivity contribution >= 4 is 23.7 Å². The van der Waals surface area contributed by atoms with Crippen LogP contribution < -0.4 is 14.9 Å². The van der Waals surface area contributed by atoms with E-state index in [9.17, 15) is 4.79 Å². The molecule has 2 rings (SSSR count). The fourth-order valence-electron chi connectivity index (χ4n) is 2.44. The number of carbonyl (C=O) groups excluding carboxylic acids is 1. The summed E-state index contributed by atoms with van der Waals surface area (Å²) in [5.41, 5.74) is 4.21. The van der Waals surface area contributed by atoms with Gasteiger partial charge in [-0.05, 0) is 66.9 Å². The van der Waals surface area contributed by atoms with Crippen molar-refractivity contribution in [2.45, 2.75) is 39.5 Å². The molecule has 0 spiro atoms. The van der Waals surface area contributed by atoms with Crippen molar-refractivity contribution in [3.63, 3.8) is 0 Å². The Kier molecular flexibility index (Phi) is 9.35. The maximum Gasteiger partial charge on any atom is 0.277 e. The fourth-order valence-corrected chi connectivity index (χ4v) is 2.55. The zero-order chi connectivity index (χ0) is 20.2. The van der Waals surface area contributed by atoms with Crippen LogP contribution in [0.3, 0.4) is 0 Å². The highest BCUT2D eigenvalue weighted by Gasteiger charge is 2.03. The van der Waals surface area contributed by atoms with Gasteiger partial charge in [-0.15, -0.1) is 0 Å². The van der Waals surface area contributed by atoms with Crippen LogP contribution in [0.25, 0.3) is 0 Å². The summed E-state index contributed by atoms with van der Waals surface area (Å²) in [5, 5.41) is 4.61. The number of rotatable bonds is 11. The summed E-state index contributed by atoms with van der Waals surface area (Å²) in [6, 6.07) is 12.8. The van der Waals surface area contributed by atoms with Gasteiger partial charge in [-0.25, -0.2) is 5.43 Å². The quantitative estimate of drug-likeness (QED) is 0.321. The number of hydrazone groups is 1. The first-order valence-electron chi connectivity index (χ1n) is 9.52. The Bertz CT molecular complexity index is 776. The van der Waals surface area contributed by atoms with Crippen molar-refractivity contribution in [2.24, 2.45) is 5.10 Å². The lowest BCUT2D eigenvalue weighted by Crippen LogP contribution is -2.24. The number of ether oxygens (including phenoxy) is 2. The molecule has 0 aromatic heterocycles. The summed E-state index contributed by atoms with van der Waals surface area (Å²) in [7, 11) is 0. The molecule has 6 heteroatoms. The smallest absolute Gasteiger partial charge is 0.277 e. The molecule has 0 saturated heterocycles. The molecular formula is C22H27ClN2O3. The van der Waals surface area contributed by atoms with Gasteiger partial charge in [0.25, 0.3) is 5.91 Å². The van der Waals surface area contributed by atoms with Gasteiger partial charge in [0.2, 0.25) is 0 Å². The number of amides is 1. The SMILES string of the molecule is CCCCCCOc1ccc(/C=N/NC(=O)COc2ccc(Cl)c(C)c2)cc1. The van der Waals surface area contributed by atoms with Crippen LogP contribution in [-0.2, 0) is 4.79 Å². The minimum absolute atomic E-state index is 0.122. The summed E-state index contributed by atoms with van der Waals surface area (Å²) in [4.78, 5) is 11.8. The van der Waals surface area contributed by atoms with Gasteiger partial charge in [0.15, 0.2) is 6.61 Å². The highest BCUT2D eigenvalue weighted by molar-refractivity contribution is 6.31. The second kappa shape index (κ2) is 12.0. The number of nitrogens with zero attached hydrogens (tertiary/aromatic N) is 1. The zero-order valence-corrected chi connectivity index (χ0v) is 17.2. The summed E-state index contributed by atoms with van der Waals surface area (Å²) >= 11 is 5.96. The summed E-state index contributed by atoms with van der Waals surface area (Å²) in [6.45, 7) is 4.68. The van der Waals surface area contributed by atoms with Gasteiger partial charge in [0, 0.05) is 5.02 Å². The molecule has 5 nitrogen and oxygen atoms in total. The first-order valence-corrected chi connectivity index (χ1v) is 9.90. The molecule has 0 unspecified atom stereocenters. The molecule has 0 heterocycles. The van der Waals surface area contributed by atoms with E-state index in [4.69, 9.17) is 21.1 Å². The molecule has 2 aromatic carbocycles. The third-order valence-electron chi connectivity index (χ3n) is 4.05. The Hall–Kier alpha value is -2.53. The van der Waals surface area contributed by atoms with Crippen molar-refractivity contribution < 1.29 is 14.3 Å². The van der Waals surface area contributed by atoms with Crippen LogP contribution in [0, 0.1) is 6.92 Å². The Morgan fingerprint density at radius 2 is 1.82 bits per heavy atom. The molecule has 0 aliphatic carbocycles. The summed E-state index contributed by atoms with van der Waals surface area (Å²) in [5.74, 6) is 1.09. The van der Waals surface area contributed by atoms with E-state index in [-0.39, 0.29) is 12.5 Å². The summed E-state index contributed by atoms with van der Waals surface area (Å²) in [6.07, 6.45) is 6.31. The van der Waals surface area contributed by atoms with Gasteiger partial charge in [0.1, 0.15) is 11.5 Å². The largest absolute Gasteiger partial charge is 0.494 e. The van der Waals surface area contributed by atoms with Gasteiger partial charge in [-0.2, -0.15) is 5.10 Å².